The molecule has 3 aromatic rings. The van der Waals surface area contributed by atoms with Gasteiger partial charge in [0, 0.05) is 30.7 Å². The number of carbonyl (C=O) groups excluding carboxylic acids is 1. The summed E-state index contributed by atoms with van der Waals surface area (Å²) in [4.78, 5) is 20.7. The number of pyridine rings is 1. The number of carbonyl (C=O) groups is 1. The highest BCUT2D eigenvalue weighted by Crippen LogP contribution is 2.38. The third-order valence-electron chi connectivity index (χ3n) is 3.97. The Morgan fingerprint density at radius 3 is 2.88 bits per heavy atom. The molecule has 1 aliphatic carbocycles. The molecule has 0 aromatic carbocycles. The van der Waals surface area contributed by atoms with E-state index in [0.29, 0.717) is 24.0 Å². The van der Waals surface area contributed by atoms with Gasteiger partial charge in [0.25, 0.3) is 5.91 Å². The van der Waals surface area contributed by atoms with E-state index in [0.717, 1.165) is 24.1 Å². The monoisotopic (exact) mass is 320 g/mol. The number of nitrogens with zero attached hydrogens (tertiary/aromatic N) is 5. The third kappa shape index (κ3) is 3.15. The molecule has 0 aliphatic heterocycles. The second-order valence-electron chi connectivity index (χ2n) is 5.83. The fourth-order valence-electron chi connectivity index (χ4n) is 2.51. The minimum Gasteiger partial charge on any atom is -0.313 e. The van der Waals surface area contributed by atoms with Gasteiger partial charge >= 0.3 is 0 Å². The Morgan fingerprint density at radius 2 is 2.08 bits per heavy atom. The van der Waals surface area contributed by atoms with Crippen molar-refractivity contribution in [3.8, 4) is 0 Å². The predicted octanol–water partition coefficient (Wildman–Crippen LogP) is 2.25. The first kappa shape index (κ1) is 14.5. The molecule has 1 aliphatic rings. The molecule has 0 radical (unpaired) electrons. The topological polar surface area (TPSA) is 85.6 Å². The molecule has 0 saturated heterocycles. The number of amides is 1. The van der Waals surface area contributed by atoms with Crippen molar-refractivity contribution in [2.24, 2.45) is 0 Å². The summed E-state index contributed by atoms with van der Waals surface area (Å²) in [6, 6.07) is 5.68. The molecule has 1 fully saturated rings. The summed E-state index contributed by atoms with van der Waals surface area (Å²) in [7, 11) is 0. The van der Waals surface area contributed by atoms with Gasteiger partial charge in [-0.2, -0.15) is 10.2 Å². The summed E-state index contributed by atoms with van der Waals surface area (Å²) >= 11 is 0. The van der Waals surface area contributed by atoms with Crippen molar-refractivity contribution in [3.05, 3.63) is 66.0 Å². The summed E-state index contributed by atoms with van der Waals surface area (Å²) in [6.07, 6.45) is 10.7. The van der Waals surface area contributed by atoms with E-state index < -0.39 is 0 Å². The van der Waals surface area contributed by atoms with E-state index in [4.69, 9.17) is 0 Å². The van der Waals surface area contributed by atoms with Crippen LogP contribution in [-0.4, -0.2) is 30.6 Å². The molecule has 3 aromatic heterocycles. The van der Waals surface area contributed by atoms with Crippen molar-refractivity contribution in [3.63, 3.8) is 0 Å². The van der Waals surface area contributed by atoms with Crippen LogP contribution in [0.25, 0.3) is 0 Å². The highest BCUT2D eigenvalue weighted by atomic mass is 16.1. The molecular weight excluding hydrogens is 304 g/mol. The zero-order chi connectivity index (χ0) is 16.4. The number of imidazole rings is 1. The Bertz CT molecular complexity index is 856. The van der Waals surface area contributed by atoms with E-state index in [1.807, 2.05) is 29.0 Å². The Kier molecular flexibility index (Phi) is 3.74. The molecule has 1 N–H and O–H groups in total. The van der Waals surface area contributed by atoms with Crippen molar-refractivity contribution in [2.75, 3.05) is 5.32 Å². The van der Waals surface area contributed by atoms with Crippen LogP contribution >= 0.6 is 0 Å². The summed E-state index contributed by atoms with van der Waals surface area (Å²) < 4.78 is 1.88. The maximum absolute atomic E-state index is 12.5. The van der Waals surface area contributed by atoms with Gasteiger partial charge in [0.05, 0.1) is 24.0 Å². The van der Waals surface area contributed by atoms with E-state index in [9.17, 15) is 4.79 Å². The highest BCUT2D eigenvalue weighted by molar-refractivity contribution is 6.03. The van der Waals surface area contributed by atoms with Crippen LogP contribution in [-0.2, 0) is 6.54 Å². The lowest BCUT2D eigenvalue weighted by molar-refractivity contribution is 0.102. The Hall–Kier alpha value is -3.09. The summed E-state index contributed by atoms with van der Waals surface area (Å²) in [5.41, 5.74) is 2.48. The van der Waals surface area contributed by atoms with E-state index >= 15 is 0 Å². The number of aromatic nitrogens is 5. The van der Waals surface area contributed by atoms with Crippen molar-refractivity contribution in [2.45, 2.75) is 25.3 Å². The second kappa shape index (κ2) is 6.19. The second-order valence-corrected chi connectivity index (χ2v) is 5.83. The zero-order valence-corrected chi connectivity index (χ0v) is 13.0. The summed E-state index contributed by atoms with van der Waals surface area (Å²) in [5.74, 6) is 0.731. The van der Waals surface area contributed by atoms with E-state index in [2.05, 4.69) is 25.5 Å². The molecule has 7 nitrogen and oxygen atoms in total. The summed E-state index contributed by atoms with van der Waals surface area (Å²) in [6.45, 7) is 0.611. The van der Waals surface area contributed by atoms with Gasteiger partial charge in [-0.3, -0.25) is 15.1 Å². The molecule has 3 heterocycles. The van der Waals surface area contributed by atoms with Crippen LogP contribution in [0.4, 0.5) is 5.95 Å². The molecule has 0 bridgehead atoms. The molecule has 0 spiro atoms. The van der Waals surface area contributed by atoms with Crippen LogP contribution in [0, 0.1) is 0 Å². The Balaban J connectivity index is 1.50. The van der Waals surface area contributed by atoms with Crippen LogP contribution < -0.4 is 5.32 Å². The molecular formula is C17H16N6O. The average molecular weight is 320 g/mol. The van der Waals surface area contributed by atoms with E-state index in [-0.39, 0.29) is 5.91 Å². The SMILES string of the molecule is O=C(Nc1nccn1Cc1ccncc1)c1cnnc(C2CC2)c1. The fraction of sp³-hybridized carbons (Fsp3) is 0.235. The van der Waals surface area contributed by atoms with Gasteiger partial charge in [0.1, 0.15) is 0 Å². The molecule has 4 rings (SSSR count). The average Bonchev–Trinajstić information content (AvgIpc) is 3.39. The lowest BCUT2D eigenvalue weighted by Crippen LogP contribution is -2.17. The molecule has 1 amide bonds. The van der Waals surface area contributed by atoms with Crippen LogP contribution in [0.3, 0.4) is 0 Å². The first-order chi connectivity index (χ1) is 11.8. The molecule has 1 saturated carbocycles. The van der Waals surface area contributed by atoms with Gasteiger partial charge < -0.3 is 4.57 Å². The van der Waals surface area contributed by atoms with Crippen molar-refractivity contribution >= 4 is 11.9 Å². The predicted molar refractivity (Wildman–Crippen MR) is 87.5 cm³/mol. The first-order valence-electron chi connectivity index (χ1n) is 7.83. The zero-order valence-electron chi connectivity index (χ0n) is 13.0. The minimum atomic E-state index is -0.228. The van der Waals surface area contributed by atoms with Gasteiger partial charge in [-0.25, -0.2) is 4.98 Å². The minimum absolute atomic E-state index is 0.228. The summed E-state index contributed by atoms with van der Waals surface area (Å²) in [5, 5.41) is 10.9. The van der Waals surface area contributed by atoms with Crippen LogP contribution in [0.2, 0.25) is 0 Å². The first-order valence-corrected chi connectivity index (χ1v) is 7.83. The smallest absolute Gasteiger partial charge is 0.259 e. The van der Waals surface area contributed by atoms with Crippen molar-refractivity contribution in [1.29, 1.82) is 0 Å². The quantitative estimate of drug-likeness (QED) is 0.779. The highest BCUT2D eigenvalue weighted by Gasteiger charge is 2.26. The third-order valence-corrected chi connectivity index (χ3v) is 3.97. The van der Waals surface area contributed by atoms with Crippen LogP contribution in [0.1, 0.15) is 40.4 Å². The van der Waals surface area contributed by atoms with Crippen molar-refractivity contribution in [1.82, 2.24) is 24.7 Å². The Labute approximate surface area is 138 Å². The molecule has 120 valence electrons. The number of hydrogen-bond donors (Lipinski definition) is 1. The fourth-order valence-corrected chi connectivity index (χ4v) is 2.51. The van der Waals surface area contributed by atoms with Gasteiger partial charge in [0.2, 0.25) is 5.95 Å². The van der Waals surface area contributed by atoms with Gasteiger partial charge in [-0.15, -0.1) is 0 Å². The number of rotatable bonds is 5. The molecule has 24 heavy (non-hydrogen) atoms. The van der Waals surface area contributed by atoms with Crippen LogP contribution in [0.15, 0.2) is 49.2 Å². The number of hydrogen-bond acceptors (Lipinski definition) is 5. The van der Waals surface area contributed by atoms with Crippen molar-refractivity contribution < 1.29 is 4.79 Å². The normalized spacial score (nSPS) is 13.7. The molecule has 0 unspecified atom stereocenters. The molecule has 0 atom stereocenters. The maximum Gasteiger partial charge on any atom is 0.259 e. The van der Waals surface area contributed by atoms with Gasteiger partial charge in [0.15, 0.2) is 0 Å². The number of anilines is 1. The van der Waals surface area contributed by atoms with E-state index in [1.54, 1.807) is 18.6 Å². The van der Waals surface area contributed by atoms with Gasteiger partial charge in [-0.05, 0) is 36.6 Å². The van der Waals surface area contributed by atoms with Gasteiger partial charge in [-0.1, -0.05) is 0 Å². The van der Waals surface area contributed by atoms with Crippen LogP contribution in [0.5, 0.6) is 0 Å². The Morgan fingerprint density at radius 1 is 1.25 bits per heavy atom. The lowest BCUT2D eigenvalue weighted by atomic mass is 10.2. The lowest BCUT2D eigenvalue weighted by Gasteiger charge is -2.09. The largest absolute Gasteiger partial charge is 0.313 e. The molecule has 7 heteroatoms. The van der Waals surface area contributed by atoms with E-state index in [1.165, 1.54) is 6.20 Å². The standard InChI is InChI=1S/C17H16N6O/c24-16(14-9-15(13-1-2-13)22-20-10-14)21-17-19-7-8-23(17)11-12-3-5-18-6-4-12/h3-10,13H,1-2,11H2,(H,19,21,24). The maximum atomic E-state index is 12.5. The number of nitrogens with one attached hydrogen (secondary N) is 1.